The van der Waals surface area contributed by atoms with Crippen molar-refractivity contribution in [1.29, 1.82) is 0 Å². The molecule has 1 saturated carbocycles. The molecule has 2 aromatic carbocycles. The maximum absolute atomic E-state index is 13.3. The van der Waals surface area contributed by atoms with Crippen molar-refractivity contribution >= 4 is 18.3 Å². The predicted molar refractivity (Wildman–Crippen MR) is 95.2 cm³/mol. The second-order valence-electron chi connectivity index (χ2n) is 6.10. The van der Waals surface area contributed by atoms with Crippen LogP contribution in [0.2, 0.25) is 0 Å². The molecule has 2 aromatic rings. The van der Waals surface area contributed by atoms with Gasteiger partial charge < -0.3 is 10.6 Å². The van der Waals surface area contributed by atoms with Crippen LogP contribution >= 0.6 is 12.4 Å². The van der Waals surface area contributed by atoms with E-state index in [4.69, 9.17) is 5.73 Å². The van der Waals surface area contributed by atoms with E-state index < -0.39 is 0 Å². The third-order valence-corrected chi connectivity index (χ3v) is 4.17. The highest BCUT2D eigenvalue weighted by atomic mass is 35.5. The SMILES string of the molecule is Cl.NC(CC(=O)N(Cc1cccc(F)c1)C1CC1)c1ccccc1. The Morgan fingerprint density at radius 2 is 1.88 bits per heavy atom. The van der Waals surface area contributed by atoms with Crippen LogP contribution in [-0.2, 0) is 11.3 Å². The molecular weight excluding hydrogens is 327 g/mol. The molecule has 0 radical (unpaired) electrons. The molecule has 2 N–H and O–H groups in total. The average molecular weight is 349 g/mol. The van der Waals surface area contributed by atoms with Crippen LogP contribution < -0.4 is 5.73 Å². The van der Waals surface area contributed by atoms with Gasteiger partial charge in [-0.05, 0) is 36.1 Å². The van der Waals surface area contributed by atoms with E-state index in [1.807, 2.05) is 41.3 Å². The molecule has 1 aliphatic rings. The number of nitrogens with two attached hydrogens (primary N) is 1. The van der Waals surface area contributed by atoms with Crippen LogP contribution in [-0.4, -0.2) is 16.8 Å². The number of hydrogen-bond acceptors (Lipinski definition) is 2. The molecular formula is C19H22ClFN2O. The fourth-order valence-electron chi connectivity index (χ4n) is 2.76. The van der Waals surface area contributed by atoms with Gasteiger partial charge in [-0.25, -0.2) is 4.39 Å². The van der Waals surface area contributed by atoms with Crippen LogP contribution in [0, 0.1) is 5.82 Å². The number of amides is 1. The summed E-state index contributed by atoms with van der Waals surface area (Å²) in [6.45, 7) is 0.447. The van der Waals surface area contributed by atoms with Gasteiger partial charge in [-0.2, -0.15) is 0 Å². The van der Waals surface area contributed by atoms with Crippen LogP contribution in [0.25, 0.3) is 0 Å². The van der Waals surface area contributed by atoms with Gasteiger partial charge in [0.25, 0.3) is 0 Å². The highest BCUT2D eigenvalue weighted by Crippen LogP contribution is 2.30. The first-order valence-electron chi connectivity index (χ1n) is 7.98. The standard InChI is InChI=1S/C19H21FN2O.ClH/c20-16-8-4-5-14(11-16)13-22(17-9-10-17)19(23)12-18(21)15-6-2-1-3-7-15;/h1-8,11,17-18H,9-10,12-13,21H2;1H. The highest BCUT2D eigenvalue weighted by molar-refractivity contribution is 5.85. The summed E-state index contributed by atoms with van der Waals surface area (Å²) in [6.07, 6.45) is 2.30. The summed E-state index contributed by atoms with van der Waals surface area (Å²) < 4.78 is 13.3. The summed E-state index contributed by atoms with van der Waals surface area (Å²) in [7, 11) is 0. The van der Waals surface area contributed by atoms with Crippen molar-refractivity contribution in [2.75, 3.05) is 0 Å². The van der Waals surface area contributed by atoms with Crippen molar-refractivity contribution in [3.63, 3.8) is 0 Å². The number of nitrogens with zero attached hydrogens (tertiary/aromatic N) is 1. The maximum Gasteiger partial charge on any atom is 0.225 e. The number of carbonyl (C=O) groups excluding carboxylic acids is 1. The molecule has 24 heavy (non-hydrogen) atoms. The Bertz CT molecular complexity index is 676. The van der Waals surface area contributed by atoms with Crippen LogP contribution in [0.5, 0.6) is 0 Å². The first-order valence-corrected chi connectivity index (χ1v) is 7.98. The number of halogens is 2. The van der Waals surface area contributed by atoms with Gasteiger partial charge in [0.15, 0.2) is 0 Å². The number of carbonyl (C=O) groups is 1. The van der Waals surface area contributed by atoms with Crippen molar-refractivity contribution < 1.29 is 9.18 Å². The highest BCUT2D eigenvalue weighted by Gasteiger charge is 2.33. The second-order valence-corrected chi connectivity index (χ2v) is 6.10. The Morgan fingerprint density at radius 1 is 1.17 bits per heavy atom. The van der Waals surface area contributed by atoms with Crippen molar-refractivity contribution in [3.8, 4) is 0 Å². The van der Waals surface area contributed by atoms with Crippen LogP contribution in [0.4, 0.5) is 4.39 Å². The van der Waals surface area contributed by atoms with Gasteiger partial charge in [0.2, 0.25) is 5.91 Å². The third kappa shape index (κ3) is 4.79. The topological polar surface area (TPSA) is 46.3 Å². The number of hydrogen-bond donors (Lipinski definition) is 1. The zero-order valence-electron chi connectivity index (χ0n) is 13.4. The minimum Gasteiger partial charge on any atom is -0.335 e. The smallest absolute Gasteiger partial charge is 0.225 e. The van der Waals surface area contributed by atoms with Crippen LogP contribution in [0.1, 0.15) is 36.4 Å². The lowest BCUT2D eigenvalue weighted by molar-refractivity contribution is -0.132. The van der Waals surface area contributed by atoms with E-state index in [1.54, 1.807) is 6.07 Å². The Hall–Kier alpha value is -1.91. The molecule has 0 spiro atoms. The molecule has 0 aliphatic heterocycles. The number of benzene rings is 2. The first kappa shape index (κ1) is 18.4. The Balaban J connectivity index is 0.00000208. The number of rotatable bonds is 6. The summed E-state index contributed by atoms with van der Waals surface area (Å²) in [5.74, 6) is -0.236. The van der Waals surface area contributed by atoms with E-state index in [9.17, 15) is 9.18 Å². The quantitative estimate of drug-likeness (QED) is 0.862. The van der Waals surface area contributed by atoms with Gasteiger partial charge in [0.1, 0.15) is 5.82 Å². The molecule has 1 aliphatic carbocycles. The van der Waals surface area contributed by atoms with E-state index >= 15 is 0 Å². The van der Waals surface area contributed by atoms with E-state index in [-0.39, 0.29) is 42.6 Å². The lowest BCUT2D eigenvalue weighted by Gasteiger charge is -2.24. The Morgan fingerprint density at radius 3 is 2.50 bits per heavy atom. The van der Waals surface area contributed by atoms with Crippen molar-refractivity contribution in [1.82, 2.24) is 4.90 Å². The third-order valence-electron chi connectivity index (χ3n) is 4.17. The first-order chi connectivity index (χ1) is 11.1. The zero-order valence-corrected chi connectivity index (χ0v) is 14.2. The summed E-state index contributed by atoms with van der Waals surface area (Å²) in [6, 6.07) is 16.0. The van der Waals surface area contributed by atoms with Gasteiger partial charge in [0.05, 0.1) is 0 Å². The molecule has 5 heteroatoms. The fraction of sp³-hybridized carbons (Fsp3) is 0.316. The van der Waals surface area contributed by atoms with Gasteiger partial charge in [-0.15, -0.1) is 12.4 Å². The monoisotopic (exact) mass is 348 g/mol. The molecule has 3 rings (SSSR count). The summed E-state index contributed by atoms with van der Waals surface area (Å²) in [4.78, 5) is 14.5. The Kier molecular flexibility index (Phi) is 6.35. The molecule has 1 fully saturated rings. The molecule has 128 valence electrons. The van der Waals surface area contributed by atoms with E-state index in [0.29, 0.717) is 6.54 Å². The molecule has 0 bridgehead atoms. The molecule has 0 saturated heterocycles. The minimum atomic E-state index is -0.308. The lowest BCUT2D eigenvalue weighted by atomic mass is 10.0. The van der Waals surface area contributed by atoms with Crippen molar-refractivity contribution in [2.24, 2.45) is 5.73 Å². The zero-order chi connectivity index (χ0) is 16.2. The van der Waals surface area contributed by atoms with Gasteiger partial charge in [-0.3, -0.25) is 4.79 Å². The molecule has 1 unspecified atom stereocenters. The van der Waals surface area contributed by atoms with Gasteiger partial charge in [-0.1, -0.05) is 42.5 Å². The van der Waals surface area contributed by atoms with E-state index in [2.05, 4.69) is 0 Å². The predicted octanol–water partition coefficient (Wildman–Crippen LogP) is 3.83. The van der Waals surface area contributed by atoms with E-state index in [1.165, 1.54) is 12.1 Å². The molecule has 1 atom stereocenters. The second kappa shape index (κ2) is 8.27. The van der Waals surface area contributed by atoms with E-state index in [0.717, 1.165) is 24.0 Å². The van der Waals surface area contributed by atoms with Gasteiger partial charge >= 0.3 is 0 Å². The maximum atomic E-state index is 13.3. The average Bonchev–Trinajstić information content (AvgIpc) is 3.38. The summed E-state index contributed by atoms with van der Waals surface area (Å²) >= 11 is 0. The lowest BCUT2D eigenvalue weighted by Crippen LogP contribution is -2.34. The largest absolute Gasteiger partial charge is 0.335 e. The molecule has 1 amide bonds. The van der Waals surface area contributed by atoms with Crippen LogP contribution in [0.15, 0.2) is 54.6 Å². The minimum absolute atomic E-state index is 0. The molecule has 3 nitrogen and oxygen atoms in total. The van der Waals surface area contributed by atoms with Crippen molar-refractivity contribution in [2.45, 2.75) is 37.9 Å². The molecule has 0 heterocycles. The van der Waals surface area contributed by atoms with Crippen molar-refractivity contribution in [3.05, 3.63) is 71.5 Å². The molecule has 0 aromatic heterocycles. The normalized spacial score (nSPS) is 14.6. The van der Waals surface area contributed by atoms with Gasteiger partial charge in [0, 0.05) is 25.0 Å². The fourth-order valence-corrected chi connectivity index (χ4v) is 2.76. The summed E-state index contributed by atoms with van der Waals surface area (Å²) in [5, 5.41) is 0. The summed E-state index contributed by atoms with van der Waals surface area (Å²) in [5.41, 5.74) is 7.94. The Labute approximate surface area is 148 Å². The van der Waals surface area contributed by atoms with Crippen LogP contribution in [0.3, 0.4) is 0 Å².